The van der Waals surface area contributed by atoms with Crippen molar-refractivity contribution < 1.29 is 4.39 Å². The maximum Gasteiger partial charge on any atom is 0.176 e. The molecule has 0 unspecified atom stereocenters. The van der Waals surface area contributed by atoms with Crippen LogP contribution in [0.3, 0.4) is 0 Å². The second kappa shape index (κ2) is 3.54. The Morgan fingerprint density at radius 3 is 3.00 bits per heavy atom. The van der Waals surface area contributed by atoms with Gasteiger partial charge < -0.3 is 5.32 Å². The minimum atomic E-state index is -0.0719. The van der Waals surface area contributed by atoms with Crippen LogP contribution in [0.4, 0.5) is 4.39 Å². The lowest BCUT2D eigenvalue weighted by Gasteiger charge is -2.22. The molecule has 1 fully saturated rings. The Morgan fingerprint density at radius 2 is 2.42 bits per heavy atom. The molecule has 1 aliphatic heterocycles. The van der Waals surface area contributed by atoms with Gasteiger partial charge in [-0.1, -0.05) is 6.42 Å². The van der Waals surface area contributed by atoms with E-state index in [1.807, 2.05) is 5.38 Å². The maximum atomic E-state index is 12.7. The van der Waals surface area contributed by atoms with Gasteiger partial charge in [0.15, 0.2) is 5.13 Å². The summed E-state index contributed by atoms with van der Waals surface area (Å²) in [5.74, 6) is 0. The van der Waals surface area contributed by atoms with Gasteiger partial charge in [-0.2, -0.15) is 4.39 Å². The second-order valence-corrected chi connectivity index (χ2v) is 4.05. The first-order chi connectivity index (χ1) is 5.86. The lowest BCUT2D eigenvalue weighted by molar-refractivity contribution is 0.412. The lowest BCUT2D eigenvalue weighted by atomic mass is 10.0. The van der Waals surface area contributed by atoms with Crippen molar-refractivity contribution in [1.82, 2.24) is 5.32 Å². The monoisotopic (exact) mass is 185 g/mol. The van der Waals surface area contributed by atoms with E-state index in [1.54, 1.807) is 6.07 Å². The number of piperidine rings is 1. The van der Waals surface area contributed by atoms with Gasteiger partial charge in [-0.3, -0.25) is 0 Å². The van der Waals surface area contributed by atoms with Crippen LogP contribution in [0.15, 0.2) is 11.4 Å². The van der Waals surface area contributed by atoms with Gasteiger partial charge in [-0.15, -0.1) is 11.3 Å². The first kappa shape index (κ1) is 8.20. The van der Waals surface area contributed by atoms with E-state index >= 15 is 0 Å². The molecule has 1 aliphatic rings. The highest BCUT2D eigenvalue weighted by Gasteiger charge is 2.15. The molecule has 0 aromatic carbocycles. The number of hydrogen-bond acceptors (Lipinski definition) is 2. The minimum Gasteiger partial charge on any atom is -0.310 e. The molecule has 66 valence electrons. The Hall–Kier alpha value is -0.410. The van der Waals surface area contributed by atoms with Crippen molar-refractivity contribution in [2.75, 3.05) is 6.54 Å². The molecular formula is C9H12FNS. The average molecular weight is 185 g/mol. The highest BCUT2D eigenvalue weighted by Crippen LogP contribution is 2.26. The molecule has 0 aliphatic carbocycles. The number of halogens is 1. The van der Waals surface area contributed by atoms with E-state index in [-0.39, 0.29) is 5.13 Å². The van der Waals surface area contributed by atoms with Crippen LogP contribution in [-0.2, 0) is 0 Å². The Kier molecular flexibility index (Phi) is 2.42. The third-order valence-electron chi connectivity index (χ3n) is 2.30. The highest BCUT2D eigenvalue weighted by molar-refractivity contribution is 7.08. The zero-order valence-corrected chi connectivity index (χ0v) is 7.66. The van der Waals surface area contributed by atoms with E-state index < -0.39 is 0 Å². The third-order valence-corrected chi connectivity index (χ3v) is 3.03. The Bertz CT molecular complexity index is 253. The average Bonchev–Trinajstić information content (AvgIpc) is 2.54. The maximum absolute atomic E-state index is 12.7. The summed E-state index contributed by atoms with van der Waals surface area (Å²) in [6.07, 6.45) is 3.66. The van der Waals surface area contributed by atoms with Gasteiger partial charge in [0, 0.05) is 6.04 Å². The first-order valence-electron chi connectivity index (χ1n) is 4.33. The van der Waals surface area contributed by atoms with Crippen molar-refractivity contribution >= 4 is 11.3 Å². The van der Waals surface area contributed by atoms with E-state index in [2.05, 4.69) is 5.32 Å². The molecule has 0 saturated carbocycles. The van der Waals surface area contributed by atoms with Crippen molar-refractivity contribution in [2.24, 2.45) is 0 Å². The zero-order valence-electron chi connectivity index (χ0n) is 6.85. The predicted molar refractivity (Wildman–Crippen MR) is 48.9 cm³/mol. The molecule has 2 rings (SSSR count). The molecule has 2 heterocycles. The summed E-state index contributed by atoms with van der Waals surface area (Å²) in [6, 6.07) is 2.05. The molecule has 3 heteroatoms. The van der Waals surface area contributed by atoms with Crippen LogP contribution in [0.2, 0.25) is 0 Å². The number of rotatable bonds is 1. The molecule has 1 saturated heterocycles. The fourth-order valence-electron chi connectivity index (χ4n) is 1.64. The zero-order chi connectivity index (χ0) is 8.39. The molecule has 1 nitrogen and oxygen atoms in total. The van der Waals surface area contributed by atoms with Gasteiger partial charge in [0.05, 0.1) is 0 Å². The molecule has 1 aromatic heterocycles. The van der Waals surface area contributed by atoms with Gasteiger partial charge >= 0.3 is 0 Å². The van der Waals surface area contributed by atoms with E-state index in [9.17, 15) is 4.39 Å². The summed E-state index contributed by atoms with van der Waals surface area (Å²) >= 11 is 1.19. The van der Waals surface area contributed by atoms with Gasteiger partial charge in [0.2, 0.25) is 0 Å². The van der Waals surface area contributed by atoms with Gasteiger partial charge in [-0.25, -0.2) is 0 Å². The fraction of sp³-hybridized carbons (Fsp3) is 0.556. The molecule has 0 radical (unpaired) electrons. The molecule has 1 aromatic rings. The highest BCUT2D eigenvalue weighted by atomic mass is 32.1. The molecule has 0 amide bonds. The molecule has 12 heavy (non-hydrogen) atoms. The van der Waals surface area contributed by atoms with Crippen LogP contribution in [0, 0.1) is 5.13 Å². The standard InChI is InChI=1S/C9H12FNS/c10-9-5-7(6-12-9)8-3-1-2-4-11-8/h5-6,8,11H,1-4H2/t8-/m1/s1. The second-order valence-electron chi connectivity index (χ2n) is 3.19. The minimum absolute atomic E-state index is 0.0719. The van der Waals surface area contributed by atoms with Crippen molar-refractivity contribution in [2.45, 2.75) is 25.3 Å². The smallest absolute Gasteiger partial charge is 0.176 e. The van der Waals surface area contributed by atoms with Crippen LogP contribution < -0.4 is 5.32 Å². The van der Waals surface area contributed by atoms with Crippen LogP contribution >= 0.6 is 11.3 Å². The van der Waals surface area contributed by atoms with E-state index in [4.69, 9.17) is 0 Å². The predicted octanol–water partition coefficient (Wildman–Crippen LogP) is 2.70. The van der Waals surface area contributed by atoms with Gasteiger partial charge in [0.1, 0.15) is 0 Å². The molecule has 1 N–H and O–H groups in total. The largest absolute Gasteiger partial charge is 0.310 e. The molecule has 0 bridgehead atoms. The number of thiophene rings is 1. The molecule has 0 spiro atoms. The summed E-state index contributed by atoms with van der Waals surface area (Å²) in [7, 11) is 0. The molecule has 1 atom stereocenters. The van der Waals surface area contributed by atoms with Crippen molar-refractivity contribution in [3.8, 4) is 0 Å². The Balaban J connectivity index is 2.08. The van der Waals surface area contributed by atoms with E-state index in [1.165, 1.54) is 24.2 Å². The van der Waals surface area contributed by atoms with Crippen LogP contribution in [0.5, 0.6) is 0 Å². The Morgan fingerprint density at radius 1 is 1.50 bits per heavy atom. The topological polar surface area (TPSA) is 12.0 Å². The van der Waals surface area contributed by atoms with Crippen molar-refractivity contribution in [3.63, 3.8) is 0 Å². The molecular weight excluding hydrogens is 173 g/mol. The quantitative estimate of drug-likeness (QED) is 0.709. The number of hydrogen-bond donors (Lipinski definition) is 1. The van der Waals surface area contributed by atoms with Crippen molar-refractivity contribution in [3.05, 3.63) is 22.1 Å². The SMILES string of the molecule is Fc1cc([C@H]2CCCCN2)cs1. The van der Waals surface area contributed by atoms with Crippen molar-refractivity contribution in [1.29, 1.82) is 0 Å². The third kappa shape index (κ3) is 1.67. The summed E-state index contributed by atoms with van der Waals surface area (Å²) < 4.78 is 12.7. The first-order valence-corrected chi connectivity index (χ1v) is 5.21. The fourth-order valence-corrected chi connectivity index (χ4v) is 2.33. The van der Waals surface area contributed by atoms with Gasteiger partial charge in [0.25, 0.3) is 0 Å². The number of nitrogens with one attached hydrogen (secondary N) is 1. The van der Waals surface area contributed by atoms with E-state index in [0.717, 1.165) is 18.5 Å². The lowest BCUT2D eigenvalue weighted by Crippen LogP contribution is -2.26. The van der Waals surface area contributed by atoms with E-state index in [0.29, 0.717) is 6.04 Å². The Labute approximate surface area is 75.6 Å². The van der Waals surface area contributed by atoms with Gasteiger partial charge in [-0.05, 0) is 36.4 Å². The summed E-state index contributed by atoms with van der Waals surface area (Å²) in [5, 5.41) is 5.23. The van der Waals surface area contributed by atoms with Crippen LogP contribution in [0.25, 0.3) is 0 Å². The summed E-state index contributed by atoms with van der Waals surface area (Å²) in [4.78, 5) is 0. The summed E-state index contributed by atoms with van der Waals surface area (Å²) in [5.41, 5.74) is 1.12. The van der Waals surface area contributed by atoms with Crippen LogP contribution in [-0.4, -0.2) is 6.54 Å². The summed E-state index contributed by atoms with van der Waals surface area (Å²) in [6.45, 7) is 1.07. The van der Waals surface area contributed by atoms with Crippen LogP contribution in [0.1, 0.15) is 30.9 Å². The normalized spacial score (nSPS) is 24.2.